The van der Waals surface area contributed by atoms with E-state index in [0.717, 1.165) is 13.0 Å². The lowest BCUT2D eigenvalue weighted by Gasteiger charge is -2.41. The number of benzene rings is 1. The fourth-order valence-corrected chi connectivity index (χ4v) is 5.75. The molecule has 0 spiro atoms. The van der Waals surface area contributed by atoms with Crippen LogP contribution in [0.15, 0.2) is 35.2 Å². The number of hydrogen-bond donors (Lipinski definition) is 1. The van der Waals surface area contributed by atoms with Crippen molar-refractivity contribution in [2.24, 2.45) is 5.41 Å². The van der Waals surface area contributed by atoms with Gasteiger partial charge in [0, 0.05) is 29.3 Å². The van der Waals surface area contributed by atoms with Gasteiger partial charge in [0.2, 0.25) is 0 Å². The van der Waals surface area contributed by atoms with Crippen LogP contribution in [0.2, 0.25) is 0 Å². The molecule has 21 heavy (non-hydrogen) atoms. The summed E-state index contributed by atoms with van der Waals surface area (Å²) in [4.78, 5) is 4.06. The molecule has 2 bridgehead atoms. The first-order chi connectivity index (χ1) is 10.2. The summed E-state index contributed by atoms with van der Waals surface area (Å²) in [5, 5.41) is 9.51. The first kappa shape index (κ1) is 15.4. The second-order valence-corrected chi connectivity index (χ2v) is 7.89. The molecule has 1 aliphatic heterocycles. The van der Waals surface area contributed by atoms with Gasteiger partial charge in [-0.15, -0.1) is 11.8 Å². The van der Waals surface area contributed by atoms with Gasteiger partial charge in [0.25, 0.3) is 0 Å². The van der Waals surface area contributed by atoms with Crippen LogP contribution in [0.25, 0.3) is 0 Å². The van der Waals surface area contributed by atoms with E-state index in [1.807, 2.05) is 11.8 Å². The molecule has 2 nitrogen and oxygen atoms in total. The first-order valence-corrected chi connectivity index (χ1v) is 9.24. The number of nitrogens with zero attached hydrogens (tertiary/aromatic N) is 1. The minimum atomic E-state index is 0.291. The number of rotatable bonds is 6. The zero-order valence-corrected chi connectivity index (χ0v) is 13.9. The summed E-state index contributed by atoms with van der Waals surface area (Å²) in [6.45, 7) is 4.96. The maximum Gasteiger partial charge on any atom is 0.0448 e. The van der Waals surface area contributed by atoms with Crippen molar-refractivity contribution in [3.05, 3.63) is 30.3 Å². The maximum atomic E-state index is 9.51. The predicted octanol–water partition coefficient (Wildman–Crippen LogP) is 3.80. The van der Waals surface area contributed by atoms with Crippen LogP contribution in [-0.4, -0.2) is 41.0 Å². The summed E-state index contributed by atoms with van der Waals surface area (Å²) in [7, 11) is 0. The molecular formula is C18H27NOS. The van der Waals surface area contributed by atoms with Crippen molar-refractivity contribution in [2.75, 3.05) is 25.4 Å². The molecular weight excluding hydrogens is 278 g/mol. The number of thioether (sulfide) groups is 1. The molecule has 2 aliphatic rings. The lowest BCUT2D eigenvalue weighted by atomic mass is 9.70. The highest BCUT2D eigenvalue weighted by Crippen LogP contribution is 2.54. The molecule has 116 valence electrons. The Bertz CT molecular complexity index is 462. The summed E-state index contributed by atoms with van der Waals surface area (Å²) in [5.41, 5.74) is 0.753. The standard InChI is InChI=1S/C18H27NOS/c1-2-19-14-17(15-21-16-7-4-3-5-8-16)9-6-10-18(19,13-17)11-12-20/h3-5,7-8,20H,2,6,9-15H2,1H3/t17-,18+/m0/s1. The molecule has 0 radical (unpaired) electrons. The van der Waals surface area contributed by atoms with Crippen molar-refractivity contribution in [1.82, 2.24) is 4.90 Å². The van der Waals surface area contributed by atoms with Gasteiger partial charge in [-0.1, -0.05) is 31.5 Å². The second-order valence-electron chi connectivity index (χ2n) is 6.84. The largest absolute Gasteiger partial charge is 0.396 e. The van der Waals surface area contributed by atoms with E-state index >= 15 is 0 Å². The normalized spacial score (nSPS) is 32.5. The van der Waals surface area contributed by atoms with Crippen molar-refractivity contribution >= 4 is 11.8 Å². The van der Waals surface area contributed by atoms with Crippen LogP contribution in [-0.2, 0) is 0 Å². The molecule has 0 amide bonds. The highest BCUT2D eigenvalue weighted by molar-refractivity contribution is 7.99. The van der Waals surface area contributed by atoms with E-state index in [2.05, 4.69) is 42.2 Å². The number of aliphatic hydroxyl groups is 1. The Kier molecular flexibility index (Phi) is 4.63. The molecule has 3 rings (SSSR count). The van der Waals surface area contributed by atoms with E-state index in [1.165, 1.54) is 42.9 Å². The SMILES string of the molecule is CCN1C[C@]2(CSc3ccccc3)CCC[C@@]1(CCO)C2. The average Bonchev–Trinajstić information content (AvgIpc) is 2.74. The number of hydrogen-bond acceptors (Lipinski definition) is 3. The van der Waals surface area contributed by atoms with E-state index in [9.17, 15) is 5.11 Å². The maximum absolute atomic E-state index is 9.51. The summed E-state index contributed by atoms with van der Waals surface area (Å²) in [6, 6.07) is 10.8. The summed E-state index contributed by atoms with van der Waals surface area (Å²) in [6.07, 6.45) is 6.20. The molecule has 3 heteroatoms. The highest BCUT2D eigenvalue weighted by atomic mass is 32.2. The molecule has 1 aromatic carbocycles. The van der Waals surface area contributed by atoms with Gasteiger partial charge in [0.1, 0.15) is 0 Å². The fraction of sp³-hybridized carbons (Fsp3) is 0.667. The third-order valence-corrected chi connectivity index (χ3v) is 6.86. The fourth-order valence-electron chi connectivity index (χ4n) is 4.59. The van der Waals surface area contributed by atoms with Crippen molar-refractivity contribution < 1.29 is 5.11 Å². The predicted molar refractivity (Wildman–Crippen MR) is 89.7 cm³/mol. The summed E-state index contributed by atoms with van der Waals surface area (Å²) in [5.74, 6) is 1.22. The lowest BCUT2D eigenvalue weighted by molar-refractivity contribution is 0.0889. The highest BCUT2D eigenvalue weighted by Gasteiger charge is 2.54. The van der Waals surface area contributed by atoms with Crippen LogP contribution in [0.5, 0.6) is 0 Å². The molecule has 0 aromatic heterocycles. The average molecular weight is 305 g/mol. The Morgan fingerprint density at radius 2 is 2.05 bits per heavy atom. The number of fused-ring (bicyclic) bond motifs is 2. The van der Waals surface area contributed by atoms with Gasteiger partial charge >= 0.3 is 0 Å². The van der Waals surface area contributed by atoms with Crippen molar-refractivity contribution in [3.8, 4) is 0 Å². The molecule has 1 N–H and O–H groups in total. The minimum absolute atomic E-state index is 0.291. The topological polar surface area (TPSA) is 23.5 Å². The quantitative estimate of drug-likeness (QED) is 0.809. The van der Waals surface area contributed by atoms with Crippen molar-refractivity contribution in [1.29, 1.82) is 0 Å². The molecule has 1 heterocycles. The van der Waals surface area contributed by atoms with Crippen LogP contribution in [0.4, 0.5) is 0 Å². The Morgan fingerprint density at radius 1 is 1.24 bits per heavy atom. The molecule has 2 atom stereocenters. The summed E-state index contributed by atoms with van der Waals surface area (Å²) >= 11 is 2.02. The number of aliphatic hydroxyl groups excluding tert-OH is 1. The smallest absolute Gasteiger partial charge is 0.0448 e. The molecule has 1 aromatic rings. The van der Waals surface area contributed by atoms with Crippen LogP contribution in [0, 0.1) is 5.41 Å². The van der Waals surface area contributed by atoms with Gasteiger partial charge in [0.05, 0.1) is 0 Å². The zero-order valence-electron chi connectivity index (χ0n) is 13.1. The molecule has 0 unspecified atom stereocenters. The van der Waals surface area contributed by atoms with E-state index in [4.69, 9.17) is 0 Å². The first-order valence-electron chi connectivity index (χ1n) is 8.26. The zero-order chi connectivity index (χ0) is 14.8. The monoisotopic (exact) mass is 305 g/mol. The Labute approximate surface area is 132 Å². The molecule has 1 saturated heterocycles. The lowest BCUT2D eigenvalue weighted by Crippen LogP contribution is -2.44. The second kappa shape index (κ2) is 6.31. The van der Waals surface area contributed by atoms with E-state index < -0.39 is 0 Å². The number of likely N-dealkylation sites (tertiary alicyclic amines) is 1. The molecule has 1 aliphatic carbocycles. The Morgan fingerprint density at radius 3 is 2.76 bits per heavy atom. The third-order valence-electron chi connectivity index (χ3n) is 5.50. The minimum Gasteiger partial charge on any atom is -0.396 e. The van der Waals surface area contributed by atoms with Gasteiger partial charge in [-0.25, -0.2) is 0 Å². The van der Waals surface area contributed by atoms with Gasteiger partial charge in [0.15, 0.2) is 0 Å². The van der Waals surface area contributed by atoms with Crippen LogP contribution in [0.1, 0.15) is 39.0 Å². The van der Waals surface area contributed by atoms with E-state index in [-0.39, 0.29) is 0 Å². The van der Waals surface area contributed by atoms with Gasteiger partial charge in [-0.3, -0.25) is 4.90 Å². The van der Waals surface area contributed by atoms with E-state index in [1.54, 1.807) is 0 Å². The van der Waals surface area contributed by atoms with Gasteiger partial charge in [-0.05, 0) is 49.8 Å². The van der Waals surface area contributed by atoms with E-state index in [0.29, 0.717) is 17.6 Å². The Balaban J connectivity index is 1.72. The molecule has 2 fully saturated rings. The summed E-state index contributed by atoms with van der Waals surface area (Å²) < 4.78 is 0. The van der Waals surface area contributed by atoms with Gasteiger partial charge in [-0.2, -0.15) is 0 Å². The van der Waals surface area contributed by atoms with Crippen molar-refractivity contribution in [3.63, 3.8) is 0 Å². The van der Waals surface area contributed by atoms with Crippen LogP contribution in [0.3, 0.4) is 0 Å². The molecule has 1 saturated carbocycles. The van der Waals surface area contributed by atoms with Crippen LogP contribution >= 0.6 is 11.8 Å². The Hall–Kier alpha value is -0.510. The van der Waals surface area contributed by atoms with Crippen LogP contribution < -0.4 is 0 Å². The van der Waals surface area contributed by atoms with Gasteiger partial charge < -0.3 is 5.11 Å². The van der Waals surface area contributed by atoms with Crippen molar-refractivity contribution in [2.45, 2.75) is 49.5 Å². The third kappa shape index (κ3) is 3.01.